The molecule has 11 heteroatoms. The molecule has 186 valence electrons. The average Bonchev–Trinajstić information content (AvgIpc) is 3.39. The molecule has 2 aromatic carbocycles. The first-order valence-corrected chi connectivity index (χ1v) is 11.2. The number of nitrogens with one attached hydrogen (secondary N) is 1. The Morgan fingerprint density at radius 3 is 2.38 bits per heavy atom. The standard InChI is InChI=1S/C26H21FN6O4/c1-13-22(26(36)32(3)37-13)16-6-4-15(5-7-16)17-10-21-23(29-14(2)31-33(21)12-17)25(35)30-18-8-9-20(27)19(11-18)24(28)34/h4-12H,1-3H3,(H2,28,34)(H,30,35). The quantitative estimate of drug-likeness (QED) is 0.379. The lowest BCUT2D eigenvalue weighted by Crippen LogP contribution is -2.18. The van der Waals surface area contributed by atoms with E-state index in [0.29, 0.717) is 22.7 Å². The highest BCUT2D eigenvalue weighted by Gasteiger charge is 2.19. The van der Waals surface area contributed by atoms with Crippen LogP contribution in [0, 0.1) is 19.7 Å². The van der Waals surface area contributed by atoms with Crippen molar-refractivity contribution in [2.75, 3.05) is 5.32 Å². The maximum atomic E-state index is 13.8. The van der Waals surface area contributed by atoms with Crippen LogP contribution < -0.4 is 16.6 Å². The van der Waals surface area contributed by atoms with E-state index in [9.17, 15) is 18.8 Å². The summed E-state index contributed by atoms with van der Waals surface area (Å²) in [6.45, 7) is 3.39. The average molecular weight is 500 g/mol. The largest absolute Gasteiger partial charge is 0.381 e. The summed E-state index contributed by atoms with van der Waals surface area (Å²) < 4.78 is 21.9. The number of benzene rings is 2. The van der Waals surface area contributed by atoms with Crippen LogP contribution >= 0.6 is 0 Å². The highest BCUT2D eigenvalue weighted by molar-refractivity contribution is 6.08. The van der Waals surface area contributed by atoms with Gasteiger partial charge in [-0.2, -0.15) is 9.84 Å². The number of anilines is 1. The Morgan fingerprint density at radius 2 is 1.73 bits per heavy atom. The van der Waals surface area contributed by atoms with Crippen molar-refractivity contribution in [3.63, 3.8) is 0 Å². The molecule has 0 spiro atoms. The second-order valence-electron chi connectivity index (χ2n) is 8.48. The highest BCUT2D eigenvalue weighted by Crippen LogP contribution is 2.28. The molecule has 0 aliphatic rings. The Kier molecular flexibility index (Phi) is 5.67. The number of hydrogen-bond acceptors (Lipinski definition) is 6. The van der Waals surface area contributed by atoms with Gasteiger partial charge in [0, 0.05) is 24.5 Å². The maximum Gasteiger partial charge on any atom is 0.290 e. The van der Waals surface area contributed by atoms with Gasteiger partial charge in [0.05, 0.1) is 16.6 Å². The zero-order valence-corrected chi connectivity index (χ0v) is 20.1. The van der Waals surface area contributed by atoms with Crippen LogP contribution in [0.3, 0.4) is 0 Å². The van der Waals surface area contributed by atoms with Gasteiger partial charge in [-0.05, 0) is 49.2 Å². The van der Waals surface area contributed by atoms with Crippen molar-refractivity contribution in [1.82, 2.24) is 19.3 Å². The number of fused-ring (bicyclic) bond motifs is 1. The van der Waals surface area contributed by atoms with Gasteiger partial charge in [-0.3, -0.25) is 14.4 Å². The Balaban J connectivity index is 1.49. The summed E-state index contributed by atoms with van der Waals surface area (Å²) in [5.41, 5.74) is 8.21. The van der Waals surface area contributed by atoms with Gasteiger partial charge in [-0.25, -0.2) is 13.9 Å². The molecule has 0 radical (unpaired) electrons. The van der Waals surface area contributed by atoms with Gasteiger partial charge in [0.25, 0.3) is 17.4 Å². The van der Waals surface area contributed by atoms with Crippen LogP contribution in [-0.4, -0.2) is 31.2 Å². The van der Waals surface area contributed by atoms with Crippen molar-refractivity contribution >= 4 is 23.0 Å². The fourth-order valence-electron chi connectivity index (χ4n) is 4.17. The zero-order chi connectivity index (χ0) is 26.4. The van der Waals surface area contributed by atoms with Crippen LogP contribution in [-0.2, 0) is 7.05 Å². The molecule has 3 heterocycles. The summed E-state index contributed by atoms with van der Waals surface area (Å²) in [5, 5.41) is 7.00. The zero-order valence-electron chi connectivity index (χ0n) is 20.1. The van der Waals surface area contributed by atoms with E-state index in [2.05, 4.69) is 15.4 Å². The van der Waals surface area contributed by atoms with Crippen molar-refractivity contribution in [2.24, 2.45) is 12.8 Å². The summed E-state index contributed by atoms with van der Waals surface area (Å²) in [5.74, 6) is -1.40. The number of primary amides is 1. The minimum absolute atomic E-state index is 0.0952. The van der Waals surface area contributed by atoms with E-state index < -0.39 is 17.6 Å². The molecule has 0 aliphatic carbocycles. The minimum atomic E-state index is -0.945. The Labute approximate surface area is 209 Å². The van der Waals surface area contributed by atoms with E-state index in [1.54, 1.807) is 37.7 Å². The second-order valence-corrected chi connectivity index (χ2v) is 8.48. The minimum Gasteiger partial charge on any atom is -0.381 e. The van der Waals surface area contributed by atoms with Crippen LogP contribution in [0.5, 0.6) is 0 Å². The topological polar surface area (TPSA) is 138 Å². The SMILES string of the molecule is Cc1nc(C(=O)Nc2ccc(F)c(C(N)=O)c2)c2cc(-c3ccc(-c4c(C)on(C)c4=O)cc3)cn2n1. The smallest absolute Gasteiger partial charge is 0.290 e. The molecule has 37 heavy (non-hydrogen) atoms. The van der Waals surface area contributed by atoms with Gasteiger partial charge in [-0.1, -0.05) is 24.3 Å². The van der Waals surface area contributed by atoms with Gasteiger partial charge in [0.1, 0.15) is 17.4 Å². The molecule has 0 aliphatic heterocycles. The van der Waals surface area contributed by atoms with E-state index in [4.69, 9.17) is 10.3 Å². The highest BCUT2D eigenvalue weighted by atomic mass is 19.1. The first-order chi connectivity index (χ1) is 17.6. The maximum absolute atomic E-state index is 13.8. The second kappa shape index (κ2) is 8.86. The normalized spacial score (nSPS) is 11.1. The molecule has 0 saturated heterocycles. The first kappa shape index (κ1) is 23.7. The van der Waals surface area contributed by atoms with Crippen LogP contribution in [0.1, 0.15) is 32.4 Å². The molecule has 0 fully saturated rings. The molecule has 0 unspecified atom stereocenters. The lowest BCUT2D eigenvalue weighted by Gasteiger charge is -2.08. The van der Waals surface area contributed by atoms with Gasteiger partial charge in [-0.15, -0.1) is 0 Å². The van der Waals surface area contributed by atoms with Crippen molar-refractivity contribution in [3.05, 3.63) is 93.7 Å². The number of amides is 2. The molecule has 0 saturated carbocycles. The van der Waals surface area contributed by atoms with E-state index in [0.717, 1.165) is 22.8 Å². The summed E-state index contributed by atoms with van der Waals surface area (Å²) >= 11 is 0. The summed E-state index contributed by atoms with van der Waals surface area (Å²) in [4.78, 5) is 41.2. The number of aromatic nitrogens is 4. The van der Waals surface area contributed by atoms with E-state index in [-0.39, 0.29) is 22.5 Å². The predicted molar refractivity (Wildman–Crippen MR) is 134 cm³/mol. The van der Waals surface area contributed by atoms with E-state index >= 15 is 0 Å². The molecule has 5 rings (SSSR count). The summed E-state index contributed by atoms with van der Waals surface area (Å²) in [6.07, 6.45) is 1.76. The number of nitrogens with two attached hydrogens (primary N) is 1. The van der Waals surface area contributed by atoms with Crippen LogP contribution in [0.25, 0.3) is 27.8 Å². The Hall–Kier alpha value is -5.06. The van der Waals surface area contributed by atoms with Crippen LogP contribution in [0.15, 0.2) is 64.0 Å². The van der Waals surface area contributed by atoms with Crippen molar-refractivity contribution in [3.8, 4) is 22.3 Å². The van der Waals surface area contributed by atoms with Crippen molar-refractivity contribution < 1.29 is 18.5 Å². The molecular formula is C26H21FN6O4. The molecule has 10 nitrogen and oxygen atoms in total. The Morgan fingerprint density at radius 1 is 1.03 bits per heavy atom. The third kappa shape index (κ3) is 4.27. The monoisotopic (exact) mass is 500 g/mol. The number of aryl methyl sites for hydroxylation is 3. The lowest BCUT2D eigenvalue weighted by atomic mass is 10.0. The first-order valence-electron chi connectivity index (χ1n) is 11.2. The lowest BCUT2D eigenvalue weighted by molar-refractivity contribution is 0.0992. The third-order valence-corrected chi connectivity index (χ3v) is 5.91. The molecule has 2 amide bonds. The Bertz CT molecular complexity index is 1760. The van der Waals surface area contributed by atoms with Crippen molar-refractivity contribution in [1.29, 1.82) is 0 Å². The van der Waals surface area contributed by atoms with Gasteiger partial charge < -0.3 is 15.6 Å². The number of carbonyl (C=O) groups is 2. The predicted octanol–water partition coefficient (Wildman–Crippen LogP) is 3.46. The number of halogens is 1. The molecule has 3 aromatic heterocycles. The number of nitrogens with zero attached hydrogens (tertiary/aromatic N) is 4. The third-order valence-electron chi connectivity index (χ3n) is 5.91. The molecule has 0 bridgehead atoms. The fourth-order valence-corrected chi connectivity index (χ4v) is 4.17. The number of carbonyl (C=O) groups excluding carboxylic acids is 2. The molecule has 5 aromatic rings. The summed E-state index contributed by atoms with van der Waals surface area (Å²) in [7, 11) is 1.56. The van der Waals surface area contributed by atoms with Gasteiger partial charge in [0.2, 0.25) is 0 Å². The molecule has 3 N–H and O–H groups in total. The number of hydrogen-bond donors (Lipinski definition) is 2. The van der Waals surface area contributed by atoms with Crippen LogP contribution in [0.2, 0.25) is 0 Å². The van der Waals surface area contributed by atoms with Gasteiger partial charge >= 0.3 is 0 Å². The van der Waals surface area contributed by atoms with Crippen LogP contribution in [0.4, 0.5) is 10.1 Å². The van der Waals surface area contributed by atoms with Gasteiger partial charge in [0.15, 0.2) is 5.69 Å². The van der Waals surface area contributed by atoms with E-state index in [1.165, 1.54) is 16.9 Å². The molecular weight excluding hydrogens is 479 g/mol. The number of rotatable bonds is 5. The summed E-state index contributed by atoms with van der Waals surface area (Å²) in [6, 6.07) is 12.7. The molecule has 0 atom stereocenters. The fraction of sp³-hybridized carbons (Fsp3) is 0.115. The van der Waals surface area contributed by atoms with Crippen molar-refractivity contribution in [2.45, 2.75) is 13.8 Å². The van der Waals surface area contributed by atoms with E-state index in [1.807, 2.05) is 24.3 Å².